The molecular weight excluding hydrogens is 442 g/mol. The minimum Gasteiger partial charge on any atom is -0.495 e. The second kappa shape index (κ2) is 9.59. The summed E-state index contributed by atoms with van der Waals surface area (Å²) >= 11 is 6.29. The fourth-order valence-corrected chi connectivity index (χ4v) is 4.86. The van der Waals surface area contributed by atoms with Gasteiger partial charge < -0.3 is 15.4 Å². The van der Waals surface area contributed by atoms with Crippen molar-refractivity contribution in [3.8, 4) is 11.8 Å². The summed E-state index contributed by atoms with van der Waals surface area (Å²) < 4.78 is 8.77. The van der Waals surface area contributed by atoms with Crippen LogP contribution < -0.4 is 21.1 Å². The van der Waals surface area contributed by atoms with Crippen LogP contribution in [0.2, 0.25) is 5.02 Å². The Morgan fingerprint density at radius 2 is 1.94 bits per heavy atom. The van der Waals surface area contributed by atoms with Crippen LogP contribution in [-0.2, 0) is 6.54 Å². The van der Waals surface area contributed by atoms with Crippen molar-refractivity contribution in [1.29, 1.82) is 5.26 Å². The fraction of sp³-hybridized carbons (Fsp3) is 0.375. The second-order valence-corrected chi connectivity index (χ2v) is 8.66. The van der Waals surface area contributed by atoms with Crippen LogP contribution in [0.4, 0.5) is 4.79 Å². The Balaban J connectivity index is 1.69. The van der Waals surface area contributed by atoms with Crippen molar-refractivity contribution in [3.05, 3.63) is 63.0 Å². The van der Waals surface area contributed by atoms with E-state index in [0.29, 0.717) is 22.9 Å². The molecule has 1 fully saturated rings. The van der Waals surface area contributed by atoms with Crippen molar-refractivity contribution in [2.75, 3.05) is 14.2 Å². The van der Waals surface area contributed by atoms with Gasteiger partial charge in [-0.1, -0.05) is 17.7 Å². The summed E-state index contributed by atoms with van der Waals surface area (Å²) in [7, 11) is 3.15. The average molecular weight is 468 g/mol. The molecule has 0 unspecified atom stereocenters. The van der Waals surface area contributed by atoms with Gasteiger partial charge in [-0.15, -0.1) is 0 Å². The number of ether oxygens (including phenoxy) is 1. The molecule has 0 radical (unpaired) electrons. The quantitative estimate of drug-likeness (QED) is 0.596. The van der Waals surface area contributed by atoms with Crippen LogP contribution in [0.3, 0.4) is 0 Å². The monoisotopic (exact) mass is 467 g/mol. The van der Waals surface area contributed by atoms with Crippen molar-refractivity contribution in [1.82, 2.24) is 19.8 Å². The van der Waals surface area contributed by atoms with Crippen molar-refractivity contribution < 1.29 is 9.53 Å². The maximum Gasteiger partial charge on any atom is 0.329 e. The maximum absolute atomic E-state index is 13.6. The molecule has 0 bridgehead atoms. The largest absolute Gasteiger partial charge is 0.495 e. The highest BCUT2D eigenvalue weighted by molar-refractivity contribution is 6.32. The Morgan fingerprint density at radius 1 is 1.18 bits per heavy atom. The fourth-order valence-electron chi connectivity index (χ4n) is 4.58. The molecule has 1 heterocycles. The van der Waals surface area contributed by atoms with Crippen LogP contribution in [0.5, 0.6) is 5.75 Å². The van der Waals surface area contributed by atoms with Gasteiger partial charge in [0.05, 0.1) is 41.3 Å². The lowest BCUT2D eigenvalue weighted by Gasteiger charge is -2.29. The van der Waals surface area contributed by atoms with E-state index in [9.17, 15) is 14.9 Å². The van der Waals surface area contributed by atoms with Gasteiger partial charge in [-0.25, -0.2) is 9.59 Å². The summed E-state index contributed by atoms with van der Waals surface area (Å²) in [5.74, 6) is 0.573. The smallest absolute Gasteiger partial charge is 0.329 e. The highest BCUT2D eigenvalue weighted by Crippen LogP contribution is 2.31. The van der Waals surface area contributed by atoms with E-state index >= 15 is 0 Å². The van der Waals surface area contributed by atoms with Gasteiger partial charge in [-0.2, -0.15) is 5.26 Å². The van der Waals surface area contributed by atoms with Crippen LogP contribution in [0, 0.1) is 11.3 Å². The summed E-state index contributed by atoms with van der Waals surface area (Å²) in [5.41, 5.74) is 2.77. The predicted octanol–water partition coefficient (Wildman–Crippen LogP) is 3.80. The number of hydrogen-bond acceptors (Lipinski definition) is 4. The van der Waals surface area contributed by atoms with Crippen LogP contribution >= 0.6 is 11.6 Å². The number of benzene rings is 2. The number of hydrogen-bond donors (Lipinski definition) is 2. The Labute approximate surface area is 196 Å². The maximum atomic E-state index is 13.6. The number of fused-ring (bicyclic) bond motifs is 1. The Bertz CT molecular complexity index is 1280. The number of urea groups is 1. The third kappa shape index (κ3) is 4.55. The van der Waals surface area contributed by atoms with Crippen molar-refractivity contribution in [2.45, 2.75) is 44.3 Å². The summed E-state index contributed by atoms with van der Waals surface area (Å²) in [4.78, 5) is 25.2. The standard InChI is InChI=1S/C24H26ClN5O3/c1-27-23(31)28-17-5-7-18(8-6-17)30-20-9-3-15(13-26)12-21(20)29(24(30)32)14-16-4-10-22(33-2)19(25)11-16/h3-4,9-12,17-18H,5-8,14H2,1-2H3,(H2,27,28,31). The number of rotatable bonds is 5. The third-order valence-corrected chi connectivity index (χ3v) is 6.57. The molecule has 4 rings (SSSR count). The van der Waals surface area contributed by atoms with E-state index in [1.807, 2.05) is 16.7 Å². The number of carbonyl (C=O) groups excluding carboxylic acids is 1. The van der Waals surface area contributed by atoms with E-state index < -0.39 is 0 Å². The van der Waals surface area contributed by atoms with E-state index in [1.165, 1.54) is 0 Å². The molecule has 1 aliphatic carbocycles. The number of aromatic nitrogens is 2. The summed E-state index contributed by atoms with van der Waals surface area (Å²) in [6.45, 7) is 0.328. The number of carbonyl (C=O) groups is 1. The molecule has 33 heavy (non-hydrogen) atoms. The first-order chi connectivity index (χ1) is 15.9. The van der Waals surface area contributed by atoms with Gasteiger partial charge in [0.1, 0.15) is 5.75 Å². The lowest BCUT2D eigenvalue weighted by atomic mass is 9.91. The van der Waals surface area contributed by atoms with E-state index in [1.54, 1.807) is 43.0 Å². The topological polar surface area (TPSA) is 101 Å². The Kier molecular flexibility index (Phi) is 6.61. The minimum atomic E-state index is -0.186. The molecule has 2 aromatic carbocycles. The molecule has 172 valence electrons. The van der Waals surface area contributed by atoms with Crippen molar-refractivity contribution in [3.63, 3.8) is 0 Å². The molecular formula is C24H26ClN5O3. The number of halogens is 1. The molecule has 0 atom stereocenters. The zero-order valence-corrected chi connectivity index (χ0v) is 19.4. The normalized spacial score (nSPS) is 18.0. The highest BCUT2D eigenvalue weighted by Gasteiger charge is 2.27. The predicted molar refractivity (Wildman–Crippen MR) is 127 cm³/mol. The third-order valence-electron chi connectivity index (χ3n) is 6.27. The summed E-state index contributed by atoms with van der Waals surface area (Å²) in [5, 5.41) is 15.4. The second-order valence-electron chi connectivity index (χ2n) is 8.25. The first-order valence-corrected chi connectivity index (χ1v) is 11.3. The van der Waals surface area contributed by atoms with Gasteiger partial charge in [0, 0.05) is 19.1 Å². The molecule has 1 saturated carbocycles. The zero-order chi connectivity index (χ0) is 23.5. The van der Waals surface area contributed by atoms with Gasteiger partial charge in [0.25, 0.3) is 0 Å². The number of nitriles is 1. The number of methoxy groups -OCH3 is 1. The van der Waals surface area contributed by atoms with Crippen LogP contribution in [0.15, 0.2) is 41.2 Å². The molecule has 0 saturated heterocycles. The summed E-state index contributed by atoms with van der Waals surface area (Å²) in [6, 6.07) is 12.9. The van der Waals surface area contributed by atoms with Crippen molar-refractivity contribution in [2.24, 2.45) is 0 Å². The SMILES string of the molecule is CNC(=O)NC1CCC(n2c(=O)n(Cc3ccc(OC)c(Cl)c3)c3cc(C#N)ccc32)CC1. The first kappa shape index (κ1) is 22.7. The van der Waals surface area contributed by atoms with E-state index in [4.69, 9.17) is 16.3 Å². The van der Waals surface area contributed by atoms with E-state index in [-0.39, 0.29) is 23.8 Å². The van der Waals surface area contributed by atoms with E-state index in [0.717, 1.165) is 42.3 Å². The molecule has 8 nitrogen and oxygen atoms in total. The molecule has 9 heteroatoms. The zero-order valence-electron chi connectivity index (χ0n) is 18.6. The number of amides is 2. The Hall–Kier alpha value is -3.44. The molecule has 0 aliphatic heterocycles. The van der Waals surface area contributed by atoms with Gasteiger partial charge in [-0.3, -0.25) is 9.13 Å². The average Bonchev–Trinajstić information content (AvgIpc) is 3.10. The van der Waals surface area contributed by atoms with Gasteiger partial charge in [0.2, 0.25) is 0 Å². The number of nitrogens with one attached hydrogen (secondary N) is 2. The molecule has 1 aromatic heterocycles. The molecule has 3 aromatic rings. The van der Waals surface area contributed by atoms with Crippen LogP contribution in [0.1, 0.15) is 42.9 Å². The van der Waals surface area contributed by atoms with Crippen molar-refractivity contribution >= 4 is 28.7 Å². The lowest BCUT2D eigenvalue weighted by Crippen LogP contribution is -2.43. The van der Waals surface area contributed by atoms with Gasteiger partial charge >= 0.3 is 11.7 Å². The number of nitrogens with zero attached hydrogens (tertiary/aromatic N) is 3. The molecule has 0 spiro atoms. The molecule has 2 N–H and O–H groups in total. The first-order valence-electron chi connectivity index (χ1n) is 10.9. The van der Waals surface area contributed by atoms with Gasteiger partial charge in [0.15, 0.2) is 0 Å². The van der Waals surface area contributed by atoms with Crippen LogP contribution in [0.25, 0.3) is 11.0 Å². The minimum absolute atomic E-state index is 0.0244. The molecule has 1 aliphatic rings. The van der Waals surface area contributed by atoms with E-state index in [2.05, 4.69) is 16.7 Å². The Morgan fingerprint density at radius 3 is 2.58 bits per heavy atom. The van der Waals surface area contributed by atoms with Gasteiger partial charge in [-0.05, 0) is 61.6 Å². The van der Waals surface area contributed by atoms with Crippen LogP contribution in [-0.4, -0.2) is 35.4 Å². The number of imidazole rings is 1. The highest BCUT2D eigenvalue weighted by atomic mass is 35.5. The lowest BCUT2D eigenvalue weighted by molar-refractivity contribution is 0.229. The molecule has 2 amide bonds. The summed E-state index contributed by atoms with van der Waals surface area (Å²) in [6.07, 6.45) is 3.15.